The zero-order valence-corrected chi connectivity index (χ0v) is 18.9. The number of para-hydroxylation sites is 1. The molecule has 0 saturated heterocycles. The molecule has 0 spiro atoms. The summed E-state index contributed by atoms with van der Waals surface area (Å²) in [5.74, 6) is 0.970. The van der Waals surface area contributed by atoms with Crippen molar-refractivity contribution in [3.63, 3.8) is 0 Å². The number of nitrogens with zero attached hydrogens (tertiary/aromatic N) is 2. The third-order valence-corrected chi connectivity index (χ3v) is 11.1. The van der Waals surface area contributed by atoms with Crippen LogP contribution in [0.4, 0.5) is 0 Å². The molecule has 0 aliphatic heterocycles. The number of benzene rings is 1. The first-order valence-electron chi connectivity index (χ1n) is 8.16. The molecule has 1 rings (SSSR count). The standard InChI is InChI=1S/C9H10N2OS2.2C4H9.Sn/c1-14-9(13)11-10-6-7-4-2-3-5-8(7)12;2*1-3-4-2;/h2-6H,1H3,(H2,10,11,12,13);2*1,3-4H2,2H3;/q;;;+1/p-1. The first-order valence-corrected chi connectivity index (χ1v) is 15.0. The van der Waals surface area contributed by atoms with E-state index in [4.69, 9.17) is 3.07 Å². The van der Waals surface area contributed by atoms with Gasteiger partial charge in [0.15, 0.2) is 0 Å². The molecule has 23 heavy (non-hydrogen) atoms. The normalized spacial score (nSPS) is 11.1. The monoisotopic (exact) mass is 459 g/mol. The molecular weight excluding hydrogens is 431 g/mol. The molecule has 3 nitrogen and oxygen atoms in total. The maximum atomic E-state index is 6.47. The Labute approximate surface area is 157 Å². The topological polar surface area (TPSA) is 35.7 Å². The van der Waals surface area contributed by atoms with Gasteiger partial charge in [-0.2, -0.15) is 0 Å². The van der Waals surface area contributed by atoms with E-state index in [9.17, 15) is 0 Å². The molecule has 0 N–H and O–H groups in total. The predicted octanol–water partition coefficient (Wildman–Crippen LogP) is 5.09. The number of thiol groups is 1. The summed E-state index contributed by atoms with van der Waals surface area (Å²) in [4.78, 5) is 0. The van der Waals surface area contributed by atoms with Crippen molar-refractivity contribution in [3.05, 3.63) is 35.3 Å². The van der Waals surface area contributed by atoms with Crippen LogP contribution in [-0.4, -0.2) is 37.0 Å². The van der Waals surface area contributed by atoms with E-state index in [1.54, 1.807) is 6.21 Å². The molecule has 1 aromatic rings. The molecule has 0 amide bonds. The minimum absolute atomic E-state index is 0.654. The average molecular weight is 458 g/mol. The van der Waals surface area contributed by atoms with Gasteiger partial charge in [-0.1, -0.05) is 0 Å². The van der Waals surface area contributed by atoms with Gasteiger partial charge in [0, 0.05) is 0 Å². The SMILES string of the molecule is CCC[CH2][Sn]([CH2]CCC)[O]c1ccccc1C=N[N-]C(=[SH+])SC. The second-order valence-electron chi connectivity index (χ2n) is 5.22. The Morgan fingerprint density at radius 1 is 1.26 bits per heavy atom. The van der Waals surface area contributed by atoms with Gasteiger partial charge in [0.25, 0.3) is 0 Å². The van der Waals surface area contributed by atoms with Gasteiger partial charge in [-0.05, 0) is 0 Å². The van der Waals surface area contributed by atoms with Crippen molar-refractivity contribution in [2.45, 2.75) is 48.4 Å². The summed E-state index contributed by atoms with van der Waals surface area (Å²) in [7, 11) is 0. The van der Waals surface area contributed by atoms with Gasteiger partial charge < -0.3 is 0 Å². The zero-order chi connectivity index (χ0) is 16.9. The number of unbranched alkanes of at least 4 members (excludes halogenated alkanes) is 2. The average Bonchev–Trinajstić information content (AvgIpc) is 2.58. The van der Waals surface area contributed by atoms with Crippen molar-refractivity contribution in [2.24, 2.45) is 5.10 Å². The van der Waals surface area contributed by atoms with Crippen LogP contribution in [0.3, 0.4) is 0 Å². The summed E-state index contributed by atoms with van der Waals surface area (Å²) < 4.78 is 9.72. The van der Waals surface area contributed by atoms with Crippen LogP contribution in [0.15, 0.2) is 29.4 Å². The van der Waals surface area contributed by atoms with Crippen molar-refractivity contribution < 1.29 is 3.07 Å². The van der Waals surface area contributed by atoms with Crippen molar-refractivity contribution in [2.75, 3.05) is 6.26 Å². The van der Waals surface area contributed by atoms with Gasteiger partial charge in [-0.3, -0.25) is 0 Å². The van der Waals surface area contributed by atoms with E-state index in [-0.39, 0.29) is 0 Å². The van der Waals surface area contributed by atoms with Crippen molar-refractivity contribution >= 4 is 54.7 Å². The summed E-state index contributed by atoms with van der Waals surface area (Å²) >= 11 is 3.87. The van der Waals surface area contributed by atoms with Crippen molar-refractivity contribution in [1.29, 1.82) is 0 Å². The quantitative estimate of drug-likeness (QED) is 0.122. The number of rotatable bonds is 10. The molecule has 0 bridgehead atoms. The third-order valence-electron chi connectivity index (χ3n) is 3.31. The Kier molecular flexibility index (Phi) is 11.8. The summed E-state index contributed by atoms with van der Waals surface area (Å²) in [6.45, 7) is 4.50. The number of thioether (sulfide) groups is 1. The fourth-order valence-corrected chi connectivity index (χ4v) is 9.16. The van der Waals surface area contributed by atoms with Crippen LogP contribution < -0.4 is 3.07 Å². The molecular formula is C17H27N2OS2Sn. The van der Waals surface area contributed by atoms with Gasteiger partial charge in [-0.15, -0.1) is 0 Å². The molecule has 0 aromatic heterocycles. The minimum atomic E-state index is -1.81. The molecule has 0 aliphatic carbocycles. The first-order chi connectivity index (χ1) is 11.2. The Morgan fingerprint density at radius 3 is 2.52 bits per heavy atom. The van der Waals surface area contributed by atoms with Crippen LogP contribution >= 0.6 is 11.8 Å². The van der Waals surface area contributed by atoms with E-state index in [0.717, 1.165) is 11.3 Å². The van der Waals surface area contributed by atoms with Crippen LogP contribution in [0, 0.1) is 0 Å². The van der Waals surface area contributed by atoms with Crippen LogP contribution in [-0.2, 0) is 12.2 Å². The Bertz CT molecular complexity index is 489. The van der Waals surface area contributed by atoms with Crippen molar-refractivity contribution in [1.82, 2.24) is 0 Å². The fourth-order valence-electron chi connectivity index (χ4n) is 1.99. The first kappa shape index (κ1) is 20.8. The Balaban J connectivity index is 2.74. The zero-order valence-electron chi connectivity index (χ0n) is 14.3. The van der Waals surface area contributed by atoms with Crippen LogP contribution in [0.1, 0.15) is 45.1 Å². The summed E-state index contributed by atoms with van der Waals surface area (Å²) in [5.41, 5.74) is 5.04. The molecule has 6 heteroatoms. The number of hydrogen-bond acceptors (Lipinski definition) is 3. The van der Waals surface area contributed by atoms with Crippen LogP contribution in [0.5, 0.6) is 5.75 Å². The van der Waals surface area contributed by atoms with E-state index in [2.05, 4.69) is 42.7 Å². The molecule has 0 atom stereocenters. The van der Waals surface area contributed by atoms with Gasteiger partial charge in [-0.25, -0.2) is 0 Å². The molecule has 0 unspecified atom stereocenters. The van der Waals surface area contributed by atoms with Gasteiger partial charge in [0.2, 0.25) is 0 Å². The summed E-state index contributed by atoms with van der Waals surface area (Å²) in [6, 6.07) is 8.13. The Hall–Kier alpha value is -0.271. The second kappa shape index (κ2) is 13.1. The molecule has 0 heterocycles. The number of hydrogen-bond donors (Lipinski definition) is 0. The third kappa shape index (κ3) is 8.96. The van der Waals surface area contributed by atoms with E-state index in [1.807, 2.05) is 24.5 Å². The van der Waals surface area contributed by atoms with E-state index >= 15 is 0 Å². The predicted molar refractivity (Wildman–Crippen MR) is 110 cm³/mol. The van der Waals surface area contributed by atoms with E-state index in [0.29, 0.717) is 4.32 Å². The molecule has 127 valence electrons. The summed E-state index contributed by atoms with van der Waals surface area (Å²) in [5, 5.41) is 4.11. The van der Waals surface area contributed by atoms with Gasteiger partial charge in [0.05, 0.1) is 0 Å². The van der Waals surface area contributed by atoms with Crippen LogP contribution in [0.25, 0.3) is 5.43 Å². The fraction of sp³-hybridized carbons (Fsp3) is 0.529. The van der Waals surface area contributed by atoms with Crippen LogP contribution in [0.2, 0.25) is 8.87 Å². The van der Waals surface area contributed by atoms with E-state index in [1.165, 1.54) is 46.3 Å². The molecule has 0 saturated carbocycles. The maximum absolute atomic E-state index is 6.47. The van der Waals surface area contributed by atoms with Gasteiger partial charge >= 0.3 is 159 Å². The van der Waals surface area contributed by atoms with Crippen molar-refractivity contribution in [3.8, 4) is 5.75 Å². The Morgan fingerprint density at radius 2 is 1.91 bits per heavy atom. The summed E-state index contributed by atoms with van der Waals surface area (Å²) in [6.07, 6.45) is 8.76. The molecule has 1 radical (unpaired) electrons. The van der Waals surface area contributed by atoms with Gasteiger partial charge in [0.1, 0.15) is 0 Å². The molecule has 0 aliphatic rings. The second-order valence-corrected chi connectivity index (χ2v) is 13.2. The molecule has 1 aromatic carbocycles. The molecule has 0 fully saturated rings. The van der Waals surface area contributed by atoms with E-state index < -0.39 is 20.2 Å².